The van der Waals surface area contributed by atoms with Crippen LogP contribution in [0.4, 0.5) is 35.1 Å². The van der Waals surface area contributed by atoms with E-state index >= 15 is 17.6 Å². The molecule has 0 bridgehead atoms. The summed E-state index contributed by atoms with van der Waals surface area (Å²) in [6, 6.07) is 6.23. The molecule has 0 N–H and O–H groups in total. The van der Waals surface area contributed by atoms with E-state index in [0.717, 1.165) is 35.7 Å². The van der Waals surface area contributed by atoms with Crippen molar-refractivity contribution in [2.45, 2.75) is 47.0 Å². The molecule has 38 heavy (non-hydrogen) atoms. The summed E-state index contributed by atoms with van der Waals surface area (Å²) in [5.74, 6) is -23.8. The lowest BCUT2D eigenvalue weighted by molar-refractivity contribution is -0.361. The first-order valence-corrected chi connectivity index (χ1v) is 12.9. The van der Waals surface area contributed by atoms with Crippen LogP contribution in [-0.4, -0.2) is 43.2 Å². The Kier molecular flexibility index (Phi) is 5.08. The summed E-state index contributed by atoms with van der Waals surface area (Å²) in [6.45, 7) is 2.99. The second-order valence-electron chi connectivity index (χ2n) is 9.63. The van der Waals surface area contributed by atoms with E-state index in [9.17, 15) is 17.6 Å². The van der Waals surface area contributed by atoms with Gasteiger partial charge in [0.2, 0.25) is 0 Å². The van der Waals surface area contributed by atoms with Crippen molar-refractivity contribution in [2.24, 2.45) is 0 Å². The minimum absolute atomic E-state index is 0.344. The van der Waals surface area contributed by atoms with Crippen LogP contribution < -0.4 is 0 Å². The first kappa shape index (κ1) is 25.7. The van der Waals surface area contributed by atoms with Crippen LogP contribution in [0.15, 0.2) is 83.5 Å². The van der Waals surface area contributed by atoms with Gasteiger partial charge in [0.15, 0.2) is 0 Å². The molecule has 1 fully saturated rings. The number of halogens is 8. The van der Waals surface area contributed by atoms with Gasteiger partial charge < -0.3 is 0 Å². The predicted molar refractivity (Wildman–Crippen MR) is 130 cm³/mol. The van der Waals surface area contributed by atoms with E-state index < -0.39 is 55.5 Å². The summed E-state index contributed by atoms with van der Waals surface area (Å²) in [4.78, 5) is 8.49. The number of nitrogens with zero attached hydrogens (tertiary/aromatic N) is 2. The smallest absolute Gasteiger partial charge is 0.265 e. The highest BCUT2D eigenvalue weighted by molar-refractivity contribution is 8.14. The van der Waals surface area contributed by atoms with Crippen LogP contribution >= 0.6 is 23.5 Å². The third-order valence-corrected chi connectivity index (χ3v) is 11.0. The number of thioether (sulfide) groups is 2. The highest BCUT2D eigenvalue weighted by Gasteiger charge is 2.88. The fourth-order valence-electron chi connectivity index (χ4n) is 5.42. The van der Waals surface area contributed by atoms with Gasteiger partial charge in [0.05, 0.1) is 9.49 Å². The molecule has 0 amide bonds. The van der Waals surface area contributed by atoms with Crippen molar-refractivity contribution in [3.05, 3.63) is 94.6 Å². The lowest BCUT2D eigenvalue weighted by atomic mass is 9.64. The molecule has 0 saturated heterocycles. The number of alkyl halides is 8. The average molecular weight is 573 g/mol. The number of hydrogen-bond donors (Lipinski definition) is 0. The molecule has 0 spiro atoms. The van der Waals surface area contributed by atoms with Crippen molar-refractivity contribution in [1.82, 2.24) is 9.97 Å². The van der Waals surface area contributed by atoms with Crippen LogP contribution in [0.1, 0.15) is 25.0 Å². The number of allylic oxidation sites excluding steroid dienone is 4. The van der Waals surface area contributed by atoms with Crippen molar-refractivity contribution >= 4 is 33.3 Å². The molecule has 0 aromatic carbocycles. The van der Waals surface area contributed by atoms with Gasteiger partial charge in [-0.1, -0.05) is 0 Å². The summed E-state index contributed by atoms with van der Waals surface area (Å²) >= 11 is 2.09. The Balaban J connectivity index is 1.72. The molecule has 2 aliphatic carbocycles. The van der Waals surface area contributed by atoms with E-state index in [0.29, 0.717) is 20.9 Å². The molecule has 12 heteroatoms. The number of aromatic nitrogens is 2. The highest BCUT2D eigenvalue weighted by atomic mass is 32.2. The Hall–Kier alpha value is -2.60. The third kappa shape index (κ3) is 2.83. The quantitative estimate of drug-likeness (QED) is 0.341. The summed E-state index contributed by atoms with van der Waals surface area (Å²) in [6.07, 6.45) is 8.02. The van der Waals surface area contributed by atoms with Crippen LogP contribution in [0.5, 0.6) is 0 Å². The zero-order valence-electron chi connectivity index (χ0n) is 19.5. The van der Waals surface area contributed by atoms with Crippen molar-refractivity contribution in [3.63, 3.8) is 0 Å². The van der Waals surface area contributed by atoms with Crippen LogP contribution in [0, 0.1) is 0 Å². The monoisotopic (exact) mass is 572 g/mol. The molecule has 2 aliphatic heterocycles. The molecule has 6 rings (SSSR count). The van der Waals surface area contributed by atoms with Gasteiger partial charge in [-0.2, -0.15) is 35.1 Å². The van der Waals surface area contributed by atoms with E-state index in [1.165, 1.54) is 38.6 Å². The molecule has 1 saturated carbocycles. The molecule has 4 heterocycles. The molecule has 4 aliphatic rings. The lowest BCUT2D eigenvalue weighted by Crippen LogP contribution is -2.70. The largest absolute Gasteiger partial charge is 0.382 e. The molecule has 2 atom stereocenters. The Labute approximate surface area is 220 Å². The maximum absolute atomic E-state index is 15.6. The lowest BCUT2D eigenvalue weighted by Gasteiger charge is -2.53. The molecule has 0 radical (unpaired) electrons. The van der Waals surface area contributed by atoms with E-state index in [4.69, 9.17) is 0 Å². The van der Waals surface area contributed by atoms with Crippen LogP contribution in [0.25, 0.3) is 9.81 Å². The van der Waals surface area contributed by atoms with E-state index in [-0.39, 0.29) is 0 Å². The van der Waals surface area contributed by atoms with E-state index in [2.05, 4.69) is 9.97 Å². The Morgan fingerprint density at radius 3 is 1.18 bits per heavy atom. The standard InChI is InChI=1S/C26H16F8N2S2/c1-21-15(11-17(37-21)13-3-7-35-8-4-13)19-20(24(29,30)26(33,34)25(31,32)23(19,27)28)16-12-18(38-22(16,21)2)14-5-9-36-10-6-14/h3-12H,1-2H3. The van der Waals surface area contributed by atoms with Gasteiger partial charge in [-0.15, -0.1) is 23.5 Å². The van der Waals surface area contributed by atoms with Gasteiger partial charge in [0.1, 0.15) is 0 Å². The fourth-order valence-corrected chi connectivity index (χ4v) is 8.57. The zero-order chi connectivity index (χ0) is 27.5. The molecular formula is C26H16F8N2S2. The maximum Gasteiger partial charge on any atom is 0.382 e. The number of fused-ring (bicyclic) bond motifs is 4. The normalized spacial score (nSPS) is 31.8. The molecular weight excluding hydrogens is 556 g/mol. The van der Waals surface area contributed by atoms with Gasteiger partial charge >= 0.3 is 23.7 Å². The second kappa shape index (κ2) is 7.53. The Bertz CT molecular complexity index is 1380. The minimum atomic E-state index is -6.34. The predicted octanol–water partition coefficient (Wildman–Crippen LogP) is 8.03. The van der Waals surface area contributed by atoms with Gasteiger partial charge in [-0.25, -0.2) is 0 Å². The zero-order valence-corrected chi connectivity index (χ0v) is 21.1. The topological polar surface area (TPSA) is 25.8 Å². The van der Waals surface area contributed by atoms with Gasteiger partial charge in [-0.3, -0.25) is 9.97 Å². The summed E-state index contributed by atoms with van der Waals surface area (Å²) in [5, 5.41) is 0. The molecule has 2 aromatic rings. The van der Waals surface area contributed by atoms with Gasteiger partial charge in [0.25, 0.3) is 0 Å². The minimum Gasteiger partial charge on any atom is -0.265 e. The first-order valence-electron chi connectivity index (χ1n) is 11.3. The van der Waals surface area contributed by atoms with Crippen LogP contribution in [0.3, 0.4) is 0 Å². The van der Waals surface area contributed by atoms with Crippen molar-refractivity contribution in [1.29, 1.82) is 0 Å². The molecule has 198 valence electrons. The SMILES string of the molecule is CC12SC(c3ccncc3)=CC1=C1C(=C3C=C(c4ccncc4)SC32C)C(F)(F)C(F)(F)C(F)(F)C1(F)F. The molecule has 2 aromatic heterocycles. The number of hydrogen-bond acceptors (Lipinski definition) is 4. The van der Waals surface area contributed by atoms with E-state index in [1.807, 2.05) is 0 Å². The van der Waals surface area contributed by atoms with Crippen molar-refractivity contribution in [3.8, 4) is 0 Å². The molecule has 2 unspecified atom stereocenters. The summed E-state index contributed by atoms with van der Waals surface area (Å²) in [7, 11) is 0. The second-order valence-corrected chi connectivity index (χ2v) is 12.6. The first-order chi connectivity index (χ1) is 17.6. The van der Waals surface area contributed by atoms with Crippen molar-refractivity contribution in [2.75, 3.05) is 0 Å². The van der Waals surface area contributed by atoms with Gasteiger partial charge in [-0.05, 0) is 72.5 Å². The summed E-state index contributed by atoms with van der Waals surface area (Å²) in [5.41, 5.74) is -3.53. The maximum atomic E-state index is 15.6. The Morgan fingerprint density at radius 1 is 0.553 bits per heavy atom. The van der Waals surface area contributed by atoms with Crippen LogP contribution in [-0.2, 0) is 0 Å². The van der Waals surface area contributed by atoms with Gasteiger partial charge in [0, 0.05) is 45.7 Å². The number of rotatable bonds is 2. The van der Waals surface area contributed by atoms with Crippen molar-refractivity contribution < 1.29 is 35.1 Å². The average Bonchev–Trinajstić information content (AvgIpc) is 3.42. The Morgan fingerprint density at radius 2 is 0.868 bits per heavy atom. The number of pyridine rings is 2. The van der Waals surface area contributed by atoms with E-state index in [1.54, 1.807) is 24.3 Å². The fraction of sp³-hybridized carbons (Fsp3) is 0.308. The highest BCUT2D eigenvalue weighted by Crippen LogP contribution is 2.75. The third-order valence-electron chi connectivity index (χ3n) is 7.65. The summed E-state index contributed by atoms with van der Waals surface area (Å²) < 4.78 is 118. The van der Waals surface area contributed by atoms with Crippen LogP contribution in [0.2, 0.25) is 0 Å². The molecule has 2 nitrogen and oxygen atoms in total.